The second-order valence-corrected chi connectivity index (χ2v) is 5.33. The van der Waals surface area contributed by atoms with Crippen LogP contribution in [-0.4, -0.2) is 7.05 Å². The maximum Gasteiger partial charge on any atom is 0.128 e. The lowest BCUT2D eigenvalue weighted by molar-refractivity contribution is 0.357. The van der Waals surface area contributed by atoms with Gasteiger partial charge in [-0.2, -0.15) is 0 Å². The fourth-order valence-electron chi connectivity index (χ4n) is 2.65. The van der Waals surface area contributed by atoms with E-state index in [1.807, 2.05) is 37.4 Å². The molecule has 2 aromatic rings. The van der Waals surface area contributed by atoms with Gasteiger partial charge in [0.2, 0.25) is 0 Å². The smallest absolute Gasteiger partial charge is 0.128 e. The summed E-state index contributed by atoms with van der Waals surface area (Å²) in [6.07, 6.45) is 0. The van der Waals surface area contributed by atoms with Gasteiger partial charge in [0.15, 0.2) is 0 Å². The van der Waals surface area contributed by atoms with Crippen molar-refractivity contribution in [2.45, 2.75) is 25.3 Å². The van der Waals surface area contributed by atoms with Crippen LogP contribution in [0.25, 0.3) is 0 Å². The molecular weight excluding hydrogens is 237 g/mol. The first-order valence-electron chi connectivity index (χ1n) is 6.54. The summed E-state index contributed by atoms with van der Waals surface area (Å²) in [5, 5.41) is 3.26. The van der Waals surface area contributed by atoms with Crippen LogP contribution in [0.5, 0.6) is 0 Å². The molecule has 0 bridgehead atoms. The van der Waals surface area contributed by atoms with Crippen molar-refractivity contribution in [1.29, 1.82) is 0 Å². The van der Waals surface area contributed by atoms with E-state index in [1.54, 1.807) is 6.07 Å². The van der Waals surface area contributed by atoms with Crippen LogP contribution in [0.4, 0.5) is 4.39 Å². The van der Waals surface area contributed by atoms with Crippen molar-refractivity contribution in [2.75, 3.05) is 7.05 Å². The van der Waals surface area contributed by atoms with E-state index in [0.29, 0.717) is 5.56 Å². The van der Waals surface area contributed by atoms with Crippen molar-refractivity contribution in [3.8, 4) is 0 Å². The van der Waals surface area contributed by atoms with Crippen molar-refractivity contribution < 1.29 is 4.39 Å². The third-order valence-corrected chi connectivity index (χ3v) is 3.74. The third-order valence-electron chi connectivity index (χ3n) is 3.74. The average Bonchev–Trinajstić information content (AvgIpc) is 2.42. The molecule has 0 radical (unpaired) electrons. The highest BCUT2D eigenvalue weighted by atomic mass is 19.1. The summed E-state index contributed by atoms with van der Waals surface area (Å²) in [7, 11) is 1.88. The number of hydrogen-bond donors (Lipinski definition) is 1. The summed E-state index contributed by atoms with van der Waals surface area (Å²) in [4.78, 5) is 0. The van der Waals surface area contributed by atoms with Crippen molar-refractivity contribution in [1.82, 2.24) is 5.32 Å². The van der Waals surface area contributed by atoms with E-state index in [9.17, 15) is 4.39 Å². The normalized spacial score (nSPS) is 13.3. The van der Waals surface area contributed by atoms with E-state index >= 15 is 0 Å². The van der Waals surface area contributed by atoms with Crippen LogP contribution in [-0.2, 0) is 5.41 Å². The summed E-state index contributed by atoms with van der Waals surface area (Å²) < 4.78 is 14.0. The second kappa shape index (κ2) is 5.54. The van der Waals surface area contributed by atoms with Gasteiger partial charge in [-0.1, -0.05) is 62.4 Å². The molecule has 0 aliphatic heterocycles. The summed E-state index contributed by atoms with van der Waals surface area (Å²) in [5.74, 6) is -0.161. The minimum Gasteiger partial charge on any atom is -0.312 e. The minimum atomic E-state index is -0.196. The second-order valence-electron chi connectivity index (χ2n) is 5.33. The van der Waals surface area contributed by atoms with E-state index in [2.05, 4.69) is 31.3 Å². The van der Waals surface area contributed by atoms with Gasteiger partial charge in [-0.05, 0) is 18.7 Å². The summed E-state index contributed by atoms with van der Waals surface area (Å²) in [6, 6.07) is 17.1. The van der Waals surface area contributed by atoms with Gasteiger partial charge in [0.1, 0.15) is 5.82 Å². The maximum atomic E-state index is 14.0. The maximum absolute atomic E-state index is 14.0. The first kappa shape index (κ1) is 13.8. The first-order chi connectivity index (χ1) is 9.07. The number of nitrogens with one attached hydrogen (secondary N) is 1. The van der Waals surface area contributed by atoms with Crippen molar-refractivity contribution >= 4 is 0 Å². The highest BCUT2D eigenvalue weighted by Gasteiger charge is 2.32. The Morgan fingerprint density at radius 1 is 0.947 bits per heavy atom. The Kier molecular flexibility index (Phi) is 4.01. The van der Waals surface area contributed by atoms with Gasteiger partial charge in [0.25, 0.3) is 0 Å². The molecule has 2 aromatic carbocycles. The van der Waals surface area contributed by atoms with E-state index in [-0.39, 0.29) is 17.3 Å². The van der Waals surface area contributed by atoms with Crippen LogP contribution in [0.15, 0.2) is 54.6 Å². The fraction of sp³-hybridized carbons (Fsp3) is 0.294. The third kappa shape index (κ3) is 2.69. The highest BCUT2D eigenvalue weighted by molar-refractivity contribution is 5.32. The summed E-state index contributed by atoms with van der Waals surface area (Å²) in [5.41, 5.74) is 1.70. The average molecular weight is 257 g/mol. The van der Waals surface area contributed by atoms with Crippen LogP contribution < -0.4 is 5.32 Å². The molecule has 19 heavy (non-hydrogen) atoms. The van der Waals surface area contributed by atoms with Crippen LogP contribution >= 0.6 is 0 Å². The lowest BCUT2D eigenvalue weighted by Gasteiger charge is -2.35. The largest absolute Gasteiger partial charge is 0.312 e. The lowest BCUT2D eigenvalue weighted by Crippen LogP contribution is -2.36. The minimum absolute atomic E-state index is 0.0731. The van der Waals surface area contributed by atoms with Gasteiger partial charge < -0.3 is 5.32 Å². The van der Waals surface area contributed by atoms with E-state index < -0.39 is 0 Å². The zero-order valence-electron chi connectivity index (χ0n) is 11.7. The molecule has 0 spiro atoms. The molecule has 0 saturated heterocycles. The van der Waals surface area contributed by atoms with Crippen molar-refractivity contribution in [3.63, 3.8) is 0 Å². The topological polar surface area (TPSA) is 12.0 Å². The molecule has 0 aliphatic rings. The van der Waals surface area contributed by atoms with Crippen LogP contribution in [0, 0.1) is 5.82 Å². The van der Waals surface area contributed by atoms with Gasteiger partial charge in [0.05, 0.1) is 0 Å². The van der Waals surface area contributed by atoms with Gasteiger partial charge >= 0.3 is 0 Å². The molecule has 100 valence electrons. The Morgan fingerprint density at radius 3 is 2.11 bits per heavy atom. The molecule has 1 nitrogen and oxygen atoms in total. The van der Waals surface area contributed by atoms with Gasteiger partial charge in [0, 0.05) is 17.0 Å². The van der Waals surface area contributed by atoms with Crippen LogP contribution in [0.3, 0.4) is 0 Å². The number of likely N-dealkylation sites (N-methyl/N-ethyl adjacent to an activating group) is 1. The molecule has 1 N–H and O–H groups in total. The standard InChI is InChI=1S/C17H20FN/c1-17(2,13-9-5-4-6-10-13)16(19-3)14-11-7-8-12-15(14)18/h4-12,16,19H,1-3H3. The van der Waals surface area contributed by atoms with Crippen LogP contribution in [0.2, 0.25) is 0 Å². The Hall–Kier alpha value is -1.67. The molecule has 1 atom stereocenters. The molecular formula is C17H20FN. The zero-order chi connectivity index (χ0) is 13.9. The molecule has 0 aromatic heterocycles. The zero-order valence-corrected chi connectivity index (χ0v) is 11.7. The monoisotopic (exact) mass is 257 g/mol. The number of benzene rings is 2. The summed E-state index contributed by atoms with van der Waals surface area (Å²) >= 11 is 0. The Balaban J connectivity index is 2.45. The number of halogens is 1. The van der Waals surface area contributed by atoms with E-state index in [1.165, 1.54) is 11.6 Å². The van der Waals surface area contributed by atoms with Crippen molar-refractivity contribution in [3.05, 3.63) is 71.5 Å². The highest BCUT2D eigenvalue weighted by Crippen LogP contribution is 2.37. The molecule has 0 aliphatic carbocycles. The Bertz CT molecular complexity index is 534. The van der Waals surface area contributed by atoms with Gasteiger partial charge in [-0.15, -0.1) is 0 Å². The Morgan fingerprint density at radius 2 is 1.53 bits per heavy atom. The summed E-state index contributed by atoms with van der Waals surface area (Å²) in [6.45, 7) is 4.27. The fourth-order valence-corrected chi connectivity index (χ4v) is 2.65. The molecule has 1 unspecified atom stereocenters. The van der Waals surface area contributed by atoms with E-state index in [4.69, 9.17) is 0 Å². The molecule has 0 fully saturated rings. The number of rotatable bonds is 4. The quantitative estimate of drug-likeness (QED) is 0.870. The molecule has 0 heterocycles. The van der Waals surface area contributed by atoms with E-state index in [0.717, 1.165) is 0 Å². The van der Waals surface area contributed by atoms with Gasteiger partial charge in [-0.25, -0.2) is 4.39 Å². The predicted molar refractivity (Wildman–Crippen MR) is 77.7 cm³/mol. The molecule has 2 rings (SSSR count). The van der Waals surface area contributed by atoms with Crippen LogP contribution in [0.1, 0.15) is 31.0 Å². The van der Waals surface area contributed by atoms with Crippen molar-refractivity contribution in [2.24, 2.45) is 0 Å². The molecule has 0 saturated carbocycles. The molecule has 2 heteroatoms. The Labute approximate surface area is 114 Å². The predicted octanol–water partition coefficient (Wildman–Crippen LogP) is 4.06. The molecule has 0 amide bonds. The number of hydrogen-bond acceptors (Lipinski definition) is 1. The van der Waals surface area contributed by atoms with Gasteiger partial charge in [-0.3, -0.25) is 0 Å². The SMILES string of the molecule is CNC(c1ccccc1F)C(C)(C)c1ccccc1. The lowest BCUT2D eigenvalue weighted by atomic mass is 9.75. The first-order valence-corrected chi connectivity index (χ1v) is 6.54.